The zero-order chi connectivity index (χ0) is 13.5. The molecule has 2 aliphatic rings. The van der Waals surface area contributed by atoms with Crippen molar-refractivity contribution in [2.45, 2.75) is 36.5 Å². The molecular formula is C11H16ClN3O3S. The van der Waals surface area contributed by atoms with Crippen LogP contribution < -0.4 is 0 Å². The fourth-order valence-corrected chi connectivity index (χ4v) is 4.24. The maximum Gasteiger partial charge on any atom is 0.246 e. The lowest BCUT2D eigenvalue weighted by atomic mass is 10.2. The van der Waals surface area contributed by atoms with E-state index in [0.717, 1.165) is 12.8 Å². The summed E-state index contributed by atoms with van der Waals surface area (Å²) in [6, 6.07) is 0. The van der Waals surface area contributed by atoms with Crippen LogP contribution in [-0.2, 0) is 21.3 Å². The second-order valence-corrected chi connectivity index (χ2v) is 7.22. The molecule has 2 bridgehead atoms. The van der Waals surface area contributed by atoms with Crippen molar-refractivity contribution in [3.63, 3.8) is 0 Å². The van der Waals surface area contributed by atoms with Gasteiger partial charge in [0.25, 0.3) is 0 Å². The van der Waals surface area contributed by atoms with Crippen LogP contribution >= 0.6 is 11.6 Å². The predicted octanol–water partition coefficient (Wildman–Crippen LogP) is 0.674. The maximum atomic E-state index is 12.5. The van der Waals surface area contributed by atoms with Crippen LogP contribution in [0.15, 0.2) is 17.3 Å². The summed E-state index contributed by atoms with van der Waals surface area (Å²) in [5.74, 6) is 0.406. The van der Waals surface area contributed by atoms with Gasteiger partial charge in [-0.25, -0.2) is 8.42 Å². The third-order valence-corrected chi connectivity index (χ3v) is 5.52. The molecule has 8 heteroatoms. The molecule has 0 amide bonds. The average Bonchev–Trinajstić information content (AvgIpc) is 2.97. The van der Waals surface area contributed by atoms with Gasteiger partial charge in [-0.2, -0.15) is 9.40 Å². The van der Waals surface area contributed by atoms with Crippen LogP contribution in [-0.4, -0.2) is 53.7 Å². The quantitative estimate of drug-likeness (QED) is 0.767. The van der Waals surface area contributed by atoms with E-state index in [1.165, 1.54) is 16.7 Å². The van der Waals surface area contributed by atoms with Gasteiger partial charge in [0.05, 0.1) is 24.9 Å². The molecule has 2 unspecified atom stereocenters. The summed E-state index contributed by atoms with van der Waals surface area (Å²) < 4.78 is 33.7. The number of sulfonamides is 1. The van der Waals surface area contributed by atoms with Crippen molar-refractivity contribution in [2.24, 2.45) is 0 Å². The monoisotopic (exact) mass is 305 g/mol. The summed E-state index contributed by atoms with van der Waals surface area (Å²) in [5, 5.41) is 4.02. The van der Waals surface area contributed by atoms with Crippen molar-refractivity contribution in [1.29, 1.82) is 0 Å². The fraction of sp³-hybridized carbons (Fsp3) is 0.727. The van der Waals surface area contributed by atoms with Crippen molar-refractivity contribution in [1.82, 2.24) is 14.1 Å². The number of morpholine rings is 1. The van der Waals surface area contributed by atoms with Crippen molar-refractivity contribution in [2.75, 3.05) is 19.0 Å². The Hall–Kier alpha value is -0.630. The molecule has 0 radical (unpaired) electrons. The standard InChI is InChI=1S/C11H16ClN3O3S/c12-3-4-14-8-11(5-13-14)19(16,17)15-6-9-1-2-10(7-15)18-9/h5,8-10H,1-4,6-7H2. The van der Waals surface area contributed by atoms with Gasteiger partial charge in [-0.1, -0.05) is 0 Å². The number of aromatic nitrogens is 2. The number of aryl methyl sites for hydroxylation is 1. The van der Waals surface area contributed by atoms with Gasteiger partial charge in [0.15, 0.2) is 0 Å². The Bertz CT molecular complexity index is 547. The molecule has 1 aromatic heterocycles. The molecule has 2 aliphatic heterocycles. The minimum absolute atomic E-state index is 0.0476. The molecule has 1 aromatic rings. The van der Waals surface area contributed by atoms with Gasteiger partial charge >= 0.3 is 0 Å². The van der Waals surface area contributed by atoms with Crippen molar-refractivity contribution < 1.29 is 13.2 Å². The van der Waals surface area contributed by atoms with E-state index >= 15 is 0 Å². The second kappa shape index (κ2) is 5.05. The zero-order valence-electron chi connectivity index (χ0n) is 10.4. The summed E-state index contributed by atoms with van der Waals surface area (Å²) in [7, 11) is -3.46. The lowest BCUT2D eigenvalue weighted by Gasteiger charge is -2.30. The summed E-state index contributed by atoms with van der Waals surface area (Å²) in [5.41, 5.74) is 0. The van der Waals surface area contributed by atoms with E-state index in [1.54, 1.807) is 4.68 Å². The van der Waals surface area contributed by atoms with Crippen LogP contribution in [0.25, 0.3) is 0 Å². The molecule has 106 valence electrons. The third kappa shape index (κ3) is 2.52. The SMILES string of the molecule is O=S(=O)(c1cnn(CCCl)c1)N1CC2CCC(C1)O2. The number of hydrogen-bond acceptors (Lipinski definition) is 4. The van der Waals surface area contributed by atoms with Gasteiger partial charge in [0.2, 0.25) is 10.0 Å². The van der Waals surface area contributed by atoms with E-state index in [-0.39, 0.29) is 17.1 Å². The van der Waals surface area contributed by atoms with Crippen LogP contribution in [0.1, 0.15) is 12.8 Å². The van der Waals surface area contributed by atoms with Gasteiger partial charge in [0.1, 0.15) is 4.90 Å². The van der Waals surface area contributed by atoms with Crippen LogP contribution in [0.4, 0.5) is 0 Å². The zero-order valence-corrected chi connectivity index (χ0v) is 12.0. The first kappa shape index (κ1) is 13.4. The minimum atomic E-state index is -3.46. The molecule has 2 atom stereocenters. The summed E-state index contributed by atoms with van der Waals surface area (Å²) >= 11 is 5.62. The van der Waals surface area contributed by atoms with E-state index in [4.69, 9.17) is 16.3 Å². The highest BCUT2D eigenvalue weighted by atomic mass is 35.5. The molecule has 3 heterocycles. The Morgan fingerprint density at radius 2 is 2.05 bits per heavy atom. The number of ether oxygens (including phenoxy) is 1. The topological polar surface area (TPSA) is 64.4 Å². The summed E-state index contributed by atoms with van der Waals surface area (Å²) in [6.07, 6.45) is 4.91. The maximum absolute atomic E-state index is 12.5. The summed E-state index contributed by atoms with van der Waals surface area (Å²) in [4.78, 5) is 0.235. The van der Waals surface area contributed by atoms with Crippen LogP contribution in [0.2, 0.25) is 0 Å². The van der Waals surface area contributed by atoms with Gasteiger partial charge in [0, 0.05) is 25.2 Å². The number of hydrogen-bond donors (Lipinski definition) is 0. The highest BCUT2D eigenvalue weighted by Gasteiger charge is 2.39. The van der Waals surface area contributed by atoms with Crippen molar-refractivity contribution in [3.05, 3.63) is 12.4 Å². The Labute approximate surface area is 117 Å². The fourth-order valence-electron chi connectivity index (χ4n) is 2.61. The Morgan fingerprint density at radius 1 is 1.37 bits per heavy atom. The lowest BCUT2D eigenvalue weighted by Crippen LogP contribution is -2.45. The van der Waals surface area contributed by atoms with Crippen LogP contribution in [0, 0.1) is 0 Å². The molecule has 3 rings (SSSR count). The number of alkyl halides is 1. The van der Waals surface area contributed by atoms with Crippen LogP contribution in [0.5, 0.6) is 0 Å². The van der Waals surface area contributed by atoms with E-state index in [2.05, 4.69) is 5.10 Å². The molecule has 19 heavy (non-hydrogen) atoms. The van der Waals surface area contributed by atoms with Crippen LogP contribution in [0.3, 0.4) is 0 Å². The molecule has 2 fully saturated rings. The number of fused-ring (bicyclic) bond motifs is 2. The van der Waals surface area contributed by atoms with E-state index in [0.29, 0.717) is 25.5 Å². The lowest BCUT2D eigenvalue weighted by molar-refractivity contribution is -0.0114. The molecule has 0 aliphatic carbocycles. The first-order chi connectivity index (χ1) is 9.09. The molecular weight excluding hydrogens is 290 g/mol. The average molecular weight is 306 g/mol. The van der Waals surface area contributed by atoms with E-state index in [1.807, 2.05) is 0 Å². The van der Waals surface area contributed by atoms with Crippen molar-refractivity contribution >= 4 is 21.6 Å². The van der Waals surface area contributed by atoms with E-state index < -0.39 is 10.0 Å². The van der Waals surface area contributed by atoms with Gasteiger partial charge in [-0.15, -0.1) is 11.6 Å². The van der Waals surface area contributed by atoms with Gasteiger partial charge in [-0.3, -0.25) is 4.68 Å². The smallest absolute Gasteiger partial charge is 0.246 e. The number of rotatable bonds is 4. The normalized spacial score (nSPS) is 27.8. The second-order valence-electron chi connectivity index (χ2n) is 4.91. The minimum Gasteiger partial charge on any atom is -0.372 e. The molecule has 6 nitrogen and oxygen atoms in total. The number of nitrogens with zero attached hydrogens (tertiary/aromatic N) is 3. The highest BCUT2D eigenvalue weighted by Crippen LogP contribution is 2.29. The van der Waals surface area contributed by atoms with Gasteiger partial charge in [-0.05, 0) is 12.8 Å². The third-order valence-electron chi connectivity index (χ3n) is 3.57. The largest absolute Gasteiger partial charge is 0.372 e. The molecule has 0 N–H and O–H groups in total. The number of halogens is 1. The molecule has 0 aromatic carbocycles. The predicted molar refractivity (Wildman–Crippen MR) is 69.6 cm³/mol. The Balaban J connectivity index is 1.81. The first-order valence-electron chi connectivity index (χ1n) is 6.33. The van der Waals surface area contributed by atoms with Gasteiger partial charge < -0.3 is 4.74 Å². The Morgan fingerprint density at radius 3 is 2.68 bits per heavy atom. The summed E-state index contributed by atoms with van der Waals surface area (Å²) in [6.45, 7) is 1.39. The first-order valence-corrected chi connectivity index (χ1v) is 8.31. The molecule has 0 saturated carbocycles. The van der Waals surface area contributed by atoms with E-state index in [9.17, 15) is 8.42 Å². The molecule has 0 spiro atoms. The highest BCUT2D eigenvalue weighted by molar-refractivity contribution is 7.89. The molecule has 2 saturated heterocycles. The van der Waals surface area contributed by atoms with Crippen molar-refractivity contribution in [3.8, 4) is 0 Å². The Kier molecular flexibility index (Phi) is 3.55.